The number of nitrogens with zero attached hydrogens (tertiary/aromatic N) is 1. The van der Waals surface area contributed by atoms with Crippen LogP contribution >= 0.6 is 0 Å². The molecule has 4 rings (SSSR count). The number of amides is 2. The second-order valence-corrected chi connectivity index (χ2v) is 8.18. The number of carbonyl (C=O) groups is 2. The molecule has 5 nitrogen and oxygen atoms in total. The number of benzene rings is 1. The molecule has 3 fully saturated rings. The van der Waals surface area contributed by atoms with Crippen LogP contribution < -0.4 is 5.32 Å². The van der Waals surface area contributed by atoms with Crippen LogP contribution in [0.2, 0.25) is 0 Å². The van der Waals surface area contributed by atoms with Crippen LogP contribution in [0, 0.1) is 11.8 Å². The maximum absolute atomic E-state index is 12.6. The Kier molecular flexibility index (Phi) is 5.77. The molecule has 1 aromatic carbocycles. The van der Waals surface area contributed by atoms with Crippen molar-refractivity contribution in [3.8, 4) is 0 Å². The Balaban J connectivity index is 1.31. The van der Waals surface area contributed by atoms with E-state index in [2.05, 4.69) is 29.6 Å². The molecule has 2 saturated heterocycles. The van der Waals surface area contributed by atoms with Crippen molar-refractivity contribution in [2.75, 3.05) is 19.7 Å². The topological polar surface area (TPSA) is 58.6 Å². The van der Waals surface area contributed by atoms with Crippen LogP contribution in [-0.4, -0.2) is 48.6 Å². The van der Waals surface area contributed by atoms with Crippen molar-refractivity contribution in [3.63, 3.8) is 0 Å². The second-order valence-electron chi connectivity index (χ2n) is 8.18. The molecule has 5 heteroatoms. The standard InChI is InChI=1S/C22H30N2O3/c25-19(10-13-24-12-6-2-5-9-20(24)26)23-21-17-11-14-27-22(17)18(21)15-16-7-3-1-4-8-16/h1,3-4,7-8,17-18,21-22H,2,5-6,9-15H2,(H,23,25)/t17-,18+,21-,22-/m1/s1. The minimum absolute atomic E-state index is 0.0699. The van der Waals surface area contributed by atoms with Crippen LogP contribution in [0.4, 0.5) is 0 Å². The van der Waals surface area contributed by atoms with Crippen LogP contribution in [-0.2, 0) is 20.7 Å². The van der Waals surface area contributed by atoms with Crippen LogP contribution in [0.15, 0.2) is 30.3 Å². The van der Waals surface area contributed by atoms with Crippen molar-refractivity contribution in [2.24, 2.45) is 11.8 Å². The van der Waals surface area contributed by atoms with Gasteiger partial charge in [0.25, 0.3) is 0 Å². The first-order chi connectivity index (χ1) is 13.2. The second kappa shape index (κ2) is 8.42. The SMILES string of the molecule is O=C(CCN1CCCCCC1=O)N[C@@H]1[C@H]2CCO[C@H]2[C@H]1Cc1ccccc1. The molecule has 4 atom stereocenters. The summed E-state index contributed by atoms with van der Waals surface area (Å²) in [6, 6.07) is 10.6. The number of nitrogens with one attached hydrogen (secondary N) is 1. The number of carbonyl (C=O) groups excluding carboxylic acids is 2. The summed E-state index contributed by atoms with van der Waals surface area (Å²) in [5.74, 6) is 1.07. The summed E-state index contributed by atoms with van der Waals surface area (Å²) in [5.41, 5.74) is 1.30. The van der Waals surface area contributed by atoms with E-state index >= 15 is 0 Å². The van der Waals surface area contributed by atoms with Gasteiger partial charge in [-0.25, -0.2) is 0 Å². The average molecular weight is 370 g/mol. The summed E-state index contributed by atoms with van der Waals surface area (Å²) in [6.07, 6.45) is 6.43. The lowest BCUT2D eigenvalue weighted by Gasteiger charge is -2.48. The lowest BCUT2D eigenvalue weighted by atomic mass is 9.64. The quantitative estimate of drug-likeness (QED) is 0.837. The van der Waals surface area contributed by atoms with Gasteiger partial charge in [-0.15, -0.1) is 0 Å². The molecule has 1 aliphatic carbocycles. The Morgan fingerprint density at radius 1 is 1.19 bits per heavy atom. The van der Waals surface area contributed by atoms with Gasteiger partial charge in [0.05, 0.1) is 6.10 Å². The molecule has 3 aliphatic rings. The summed E-state index contributed by atoms with van der Waals surface area (Å²) in [6.45, 7) is 2.14. The Morgan fingerprint density at radius 2 is 2.04 bits per heavy atom. The highest BCUT2D eigenvalue weighted by Crippen LogP contribution is 2.45. The molecule has 0 aromatic heterocycles. The molecule has 27 heavy (non-hydrogen) atoms. The molecular formula is C22H30N2O3. The van der Waals surface area contributed by atoms with Gasteiger partial charge >= 0.3 is 0 Å². The molecule has 2 amide bonds. The monoisotopic (exact) mass is 370 g/mol. The third-order valence-electron chi connectivity index (χ3n) is 6.45. The highest BCUT2D eigenvalue weighted by molar-refractivity contribution is 5.79. The molecule has 0 radical (unpaired) electrons. The minimum atomic E-state index is 0.0699. The minimum Gasteiger partial charge on any atom is -0.377 e. The fourth-order valence-electron chi connectivity index (χ4n) is 4.94. The third kappa shape index (κ3) is 4.18. The van der Waals surface area contributed by atoms with Gasteiger partial charge in [-0.05, 0) is 31.2 Å². The first kappa shape index (κ1) is 18.5. The zero-order valence-electron chi connectivity index (χ0n) is 15.9. The third-order valence-corrected chi connectivity index (χ3v) is 6.45. The van der Waals surface area contributed by atoms with Gasteiger partial charge in [-0.3, -0.25) is 9.59 Å². The smallest absolute Gasteiger partial charge is 0.222 e. The van der Waals surface area contributed by atoms with Gasteiger partial charge in [-0.1, -0.05) is 36.8 Å². The van der Waals surface area contributed by atoms with E-state index < -0.39 is 0 Å². The van der Waals surface area contributed by atoms with Crippen LogP contribution in [0.5, 0.6) is 0 Å². The lowest BCUT2D eigenvalue weighted by Crippen LogP contribution is -2.62. The Hall–Kier alpha value is -1.88. The zero-order chi connectivity index (χ0) is 18.6. The van der Waals surface area contributed by atoms with Gasteiger partial charge in [0.1, 0.15) is 0 Å². The number of fused-ring (bicyclic) bond motifs is 1. The number of ether oxygens (including phenoxy) is 1. The molecular weight excluding hydrogens is 340 g/mol. The first-order valence-corrected chi connectivity index (χ1v) is 10.4. The molecule has 2 aliphatic heterocycles. The van der Waals surface area contributed by atoms with Gasteiger partial charge < -0.3 is 15.0 Å². The van der Waals surface area contributed by atoms with Crippen molar-refractivity contribution in [1.82, 2.24) is 10.2 Å². The summed E-state index contributed by atoms with van der Waals surface area (Å²) in [5, 5.41) is 3.27. The average Bonchev–Trinajstić information content (AvgIpc) is 3.00. The Morgan fingerprint density at radius 3 is 2.89 bits per heavy atom. The summed E-state index contributed by atoms with van der Waals surface area (Å²) in [4.78, 5) is 26.5. The number of hydrogen-bond acceptors (Lipinski definition) is 3. The van der Waals surface area contributed by atoms with Gasteiger partial charge in [0.2, 0.25) is 11.8 Å². The molecule has 146 valence electrons. The molecule has 0 unspecified atom stereocenters. The Bertz CT molecular complexity index is 663. The fourth-order valence-corrected chi connectivity index (χ4v) is 4.94. The molecule has 0 bridgehead atoms. The maximum Gasteiger partial charge on any atom is 0.222 e. The molecule has 1 saturated carbocycles. The van der Waals surface area contributed by atoms with Crippen molar-refractivity contribution in [3.05, 3.63) is 35.9 Å². The number of hydrogen-bond donors (Lipinski definition) is 1. The van der Waals surface area contributed by atoms with E-state index in [1.165, 1.54) is 5.56 Å². The summed E-state index contributed by atoms with van der Waals surface area (Å²) >= 11 is 0. The fraction of sp³-hybridized carbons (Fsp3) is 0.636. The van der Waals surface area contributed by atoms with Crippen LogP contribution in [0.3, 0.4) is 0 Å². The predicted molar refractivity (Wildman–Crippen MR) is 103 cm³/mol. The van der Waals surface area contributed by atoms with Crippen molar-refractivity contribution >= 4 is 11.8 Å². The summed E-state index contributed by atoms with van der Waals surface area (Å²) in [7, 11) is 0. The molecule has 2 heterocycles. The molecule has 1 N–H and O–H groups in total. The number of likely N-dealkylation sites (tertiary alicyclic amines) is 1. The van der Waals surface area contributed by atoms with Crippen LogP contribution in [0.25, 0.3) is 0 Å². The molecule has 0 spiro atoms. The normalized spacial score (nSPS) is 30.4. The predicted octanol–water partition coefficient (Wildman–Crippen LogP) is 2.54. The lowest BCUT2D eigenvalue weighted by molar-refractivity contribution is -0.132. The first-order valence-electron chi connectivity index (χ1n) is 10.4. The van der Waals surface area contributed by atoms with Crippen molar-refractivity contribution in [1.29, 1.82) is 0 Å². The Labute approximate surface area is 161 Å². The molecule has 1 aromatic rings. The number of rotatable bonds is 6. The van der Waals surface area contributed by atoms with E-state index in [0.29, 0.717) is 31.2 Å². The highest BCUT2D eigenvalue weighted by Gasteiger charge is 2.53. The van der Waals surface area contributed by atoms with E-state index in [1.54, 1.807) is 0 Å². The van der Waals surface area contributed by atoms with Gasteiger partial charge in [0, 0.05) is 50.4 Å². The maximum atomic E-state index is 12.6. The van der Waals surface area contributed by atoms with E-state index in [-0.39, 0.29) is 24.0 Å². The van der Waals surface area contributed by atoms with E-state index in [9.17, 15) is 9.59 Å². The van der Waals surface area contributed by atoms with E-state index in [0.717, 1.165) is 45.3 Å². The van der Waals surface area contributed by atoms with Crippen LogP contribution in [0.1, 0.15) is 44.1 Å². The van der Waals surface area contributed by atoms with E-state index in [1.807, 2.05) is 11.0 Å². The van der Waals surface area contributed by atoms with Gasteiger partial charge in [-0.2, -0.15) is 0 Å². The largest absolute Gasteiger partial charge is 0.377 e. The highest BCUT2D eigenvalue weighted by atomic mass is 16.5. The van der Waals surface area contributed by atoms with E-state index in [4.69, 9.17) is 4.74 Å². The van der Waals surface area contributed by atoms with Crippen molar-refractivity contribution < 1.29 is 14.3 Å². The van der Waals surface area contributed by atoms with Gasteiger partial charge in [0.15, 0.2) is 0 Å². The van der Waals surface area contributed by atoms with Crippen molar-refractivity contribution in [2.45, 2.75) is 57.1 Å². The summed E-state index contributed by atoms with van der Waals surface area (Å²) < 4.78 is 5.93. The zero-order valence-corrected chi connectivity index (χ0v) is 15.9.